The van der Waals surface area contributed by atoms with Crippen molar-refractivity contribution in [2.24, 2.45) is 0 Å². The number of carbonyl (C=O) groups is 1. The van der Waals surface area contributed by atoms with Crippen LogP contribution in [0.1, 0.15) is 12.0 Å². The second kappa shape index (κ2) is 7.10. The van der Waals surface area contributed by atoms with Gasteiger partial charge in [-0.05, 0) is 36.2 Å². The quantitative estimate of drug-likeness (QED) is 0.844. The number of amides is 1. The molecule has 1 aromatic carbocycles. The van der Waals surface area contributed by atoms with Gasteiger partial charge in [-0.3, -0.25) is 4.79 Å². The molecule has 9 heteroatoms. The molecule has 2 aliphatic rings. The Hall–Kier alpha value is -2.16. The van der Waals surface area contributed by atoms with Crippen molar-refractivity contribution in [1.29, 1.82) is 0 Å². The third kappa shape index (κ3) is 3.52. The molecule has 1 saturated heterocycles. The third-order valence-electron chi connectivity index (χ3n) is 4.88. The van der Waals surface area contributed by atoms with Crippen molar-refractivity contribution in [2.45, 2.75) is 17.7 Å². The predicted octanol–water partition coefficient (Wildman–Crippen LogP) is 2.13. The first-order valence-electron chi connectivity index (χ1n) is 8.73. The highest BCUT2D eigenvalue weighted by Crippen LogP contribution is 2.33. The van der Waals surface area contributed by atoms with Crippen LogP contribution in [0.25, 0.3) is 0 Å². The number of piperazine rings is 1. The van der Waals surface area contributed by atoms with Crippen LogP contribution in [0.2, 0.25) is 5.02 Å². The SMILES string of the molecule is O=C1CCc2cc(Cl)c(S(=O)(=O)N3CCN(c4ccccn4)CC3)cc2N1. The van der Waals surface area contributed by atoms with Gasteiger partial charge in [0.1, 0.15) is 10.7 Å². The average Bonchev–Trinajstić information content (AvgIpc) is 2.68. The molecule has 0 atom stereocenters. The molecule has 1 aromatic heterocycles. The van der Waals surface area contributed by atoms with E-state index in [0.29, 0.717) is 44.7 Å². The van der Waals surface area contributed by atoms with E-state index >= 15 is 0 Å². The van der Waals surface area contributed by atoms with Crippen LogP contribution in [0, 0.1) is 0 Å². The average molecular weight is 407 g/mol. The number of fused-ring (bicyclic) bond motifs is 1. The van der Waals surface area contributed by atoms with Crippen LogP contribution in [0.5, 0.6) is 0 Å². The largest absolute Gasteiger partial charge is 0.354 e. The van der Waals surface area contributed by atoms with E-state index in [9.17, 15) is 13.2 Å². The van der Waals surface area contributed by atoms with E-state index in [1.54, 1.807) is 12.3 Å². The van der Waals surface area contributed by atoms with Gasteiger partial charge in [0.05, 0.1) is 5.02 Å². The van der Waals surface area contributed by atoms with Crippen LogP contribution in [-0.2, 0) is 21.2 Å². The molecular formula is C18H19ClN4O3S. The zero-order valence-electron chi connectivity index (χ0n) is 14.6. The lowest BCUT2D eigenvalue weighted by molar-refractivity contribution is -0.116. The number of halogens is 1. The molecular weight excluding hydrogens is 388 g/mol. The smallest absolute Gasteiger partial charge is 0.244 e. The van der Waals surface area contributed by atoms with Crippen molar-refractivity contribution in [3.8, 4) is 0 Å². The zero-order valence-corrected chi connectivity index (χ0v) is 16.1. The van der Waals surface area contributed by atoms with Gasteiger partial charge in [0.25, 0.3) is 0 Å². The van der Waals surface area contributed by atoms with Crippen LogP contribution in [-0.4, -0.2) is 49.8 Å². The highest BCUT2D eigenvalue weighted by Gasteiger charge is 2.32. The van der Waals surface area contributed by atoms with Gasteiger partial charge >= 0.3 is 0 Å². The van der Waals surface area contributed by atoms with Gasteiger partial charge in [-0.2, -0.15) is 4.31 Å². The number of rotatable bonds is 3. The van der Waals surface area contributed by atoms with E-state index in [0.717, 1.165) is 11.4 Å². The Morgan fingerprint density at radius 2 is 1.85 bits per heavy atom. The van der Waals surface area contributed by atoms with E-state index in [1.165, 1.54) is 10.4 Å². The molecule has 0 radical (unpaired) electrons. The van der Waals surface area contributed by atoms with E-state index in [4.69, 9.17) is 11.6 Å². The summed E-state index contributed by atoms with van der Waals surface area (Å²) in [5.74, 6) is 0.723. The number of nitrogens with zero attached hydrogens (tertiary/aromatic N) is 3. The highest BCUT2D eigenvalue weighted by molar-refractivity contribution is 7.89. The molecule has 27 heavy (non-hydrogen) atoms. The monoisotopic (exact) mass is 406 g/mol. The molecule has 1 amide bonds. The predicted molar refractivity (Wildman–Crippen MR) is 104 cm³/mol. The Labute approximate surface area is 163 Å². The lowest BCUT2D eigenvalue weighted by atomic mass is 10.0. The third-order valence-corrected chi connectivity index (χ3v) is 7.25. The molecule has 142 valence electrons. The van der Waals surface area contributed by atoms with Gasteiger partial charge in [-0.15, -0.1) is 0 Å². The first kappa shape index (κ1) is 18.2. The summed E-state index contributed by atoms with van der Waals surface area (Å²) in [7, 11) is -3.75. The van der Waals surface area contributed by atoms with Crippen molar-refractivity contribution in [1.82, 2.24) is 9.29 Å². The molecule has 4 rings (SSSR count). The normalized spacial score (nSPS) is 18.1. The van der Waals surface area contributed by atoms with Crippen molar-refractivity contribution >= 4 is 39.0 Å². The number of aryl methyl sites for hydroxylation is 1. The fourth-order valence-corrected chi connectivity index (χ4v) is 5.39. The maximum Gasteiger partial charge on any atom is 0.244 e. The van der Waals surface area contributed by atoms with E-state index in [1.807, 2.05) is 18.2 Å². The topological polar surface area (TPSA) is 82.6 Å². The number of aromatic nitrogens is 1. The van der Waals surface area contributed by atoms with Crippen LogP contribution in [0.3, 0.4) is 0 Å². The molecule has 0 saturated carbocycles. The summed E-state index contributed by atoms with van der Waals surface area (Å²) < 4.78 is 27.7. The van der Waals surface area contributed by atoms with Gasteiger partial charge < -0.3 is 10.2 Å². The second-order valence-electron chi connectivity index (χ2n) is 6.57. The lowest BCUT2D eigenvalue weighted by Gasteiger charge is -2.35. The van der Waals surface area contributed by atoms with E-state index < -0.39 is 10.0 Å². The Morgan fingerprint density at radius 3 is 2.56 bits per heavy atom. The summed E-state index contributed by atoms with van der Waals surface area (Å²) in [5, 5.41) is 2.93. The molecule has 0 unspecified atom stereocenters. The minimum atomic E-state index is -3.75. The fourth-order valence-electron chi connectivity index (χ4n) is 3.41. The van der Waals surface area contributed by atoms with Crippen molar-refractivity contribution in [3.05, 3.63) is 47.1 Å². The maximum atomic E-state index is 13.1. The van der Waals surface area contributed by atoms with Gasteiger partial charge in [0.15, 0.2) is 0 Å². The number of nitrogens with one attached hydrogen (secondary N) is 1. The standard InChI is InChI=1S/C18H19ClN4O3S/c19-14-11-13-4-5-18(24)21-15(13)12-16(14)27(25,26)23-9-7-22(8-10-23)17-3-1-2-6-20-17/h1-3,6,11-12H,4-5,7-10H2,(H,21,24). The first-order valence-corrected chi connectivity index (χ1v) is 10.6. The number of anilines is 2. The molecule has 3 heterocycles. The molecule has 1 N–H and O–H groups in total. The van der Waals surface area contributed by atoms with Crippen LogP contribution in [0.4, 0.5) is 11.5 Å². The van der Waals surface area contributed by atoms with Crippen molar-refractivity contribution < 1.29 is 13.2 Å². The summed E-state index contributed by atoms with van der Waals surface area (Å²) in [6, 6.07) is 8.80. The lowest BCUT2D eigenvalue weighted by Crippen LogP contribution is -2.49. The summed E-state index contributed by atoms with van der Waals surface area (Å²) in [6.45, 7) is 1.79. The Morgan fingerprint density at radius 1 is 1.07 bits per heavy atom. The summed E-state index contributed by atoms with van der Waals surface area (Å²) in [5.41, 5.74) is 1.39. The van der Waals surface area contributed by atoms with Crippen molar-refractivity contribution in [3.63, 3.8) is 0 Å². The minimum absolute atomic E-state index is 0.0383. The first-order chi connectivity index (χ1) is 12.9. The van der Waals surface area contributed by atoms with Gasteiger partial charge in [-0.1, -0.05) is 17.7 Å². The number of hydrogen-bond donors (Lipinski definition) is 1. The van der Waals surface area contributed by atoms with Gasteiger partial charge in [0.2, 0.25) is 15.9 Å². The Balaban J connectivity index is 1.56. The number of hydrogen-bond acceptors (Lipinski definition) is 5. The van der Waals surface area contributed by atoms with Crippen LogP contribution >= 0.6 is 11.6 Å². The van der Waals surface area contributed by atoms with Crippen molar-refractivity contribution in [2.75, 3.05) is 36.4 Å². The van der Waals surface area contributed by atoms with Gasteiger partial charge in [-0.25, -0.2) is 13.4 Å². The molecule has 0 bridgehead atoms. The fraction of sp³-hybridized carbons (Fsp3) is 0.333. The summed E-state index contributed by atoms with van der Waals surface area (Å²) in [4.78, 5) is 18.0. The zero-order chi connectivity index (χ0) is 19.0. The Bertz CT molecular complexity index is 974. The minimum Gasteiger partial charge on any atom is -0.354 e. The molecule has 1 fully saturated rings. The van der Waals surface area contributed by atoms with E-state index in [-0.39, 0.29) is 15.8 Å². The number of pyridine rings is 1. The van der Waals surface area contributed by atoms with Crippen LogP contribution in [0.15, 0.2) is 41.4 Å². The molecule has 7 nitrogen and oxygen atoms in total. The van der Waals surface area contributed by atoms with Gasteiger partial charge in [0, 0.05) is 44.5 Å². The molecule has 2 aliphatic heterocycles. The Kier molecular flexibility index (Phi) is 4.79. The van der Waals surface area contributed by atoms with E-state index in [2.05, 4.69) is 15.2 Å². The number of benzene rings is 1. The van der Waals surface area contributed by atoms with Crippen LogP contribution < -0.4 is 10.2 Å². The maximum absolute atomic E-state index is 13.1. The molecule has 2 aromatic rings. The number of sulfonamides is 1. The highest BCUT2D eigenvalue weighted by atomic mass is 35.5. The molecule has 0 aliphatic carbocycles. The molecule has 0 spiro atoms. The second-order valence-corrected chi connectivity index (χ2v) is 8.88. The summed E-state index contributed by atoms with van der Waals surface area (Å²) >= 11 is 6.29. The summed E-state index contributed by atoms with van der Waals surface area (Å²) in [6.07, 6.45) is 2.66. The number of carbonyl (C=O) groups excluding carboxylic acids is 1.